The fourth-order valence-electron chi connectivity index (χ4n) is 1.96. The number of benzene rings is 1. The minimum absolute atomic E-state index is 0.447. The van der Waals surface area contributed by atoms with E-state index in [2.05, 4.69) is 28.1 Å². The van der Waals surface area contributed by atoms with Crippen molar-refractivity contribution in [3.8, 4) is 0 Å². The van der Waals surface area contributed by atoms with E-state index in [-0.39, 0.29) is 0 Å². The van der Waals surface area contributed by atoms with Crippen LogP contribution in [0, 0.1) is 0 Å². The highest BCUT2D eigenvalue weighted by Crippen LogP contribution is 2.36. The summed E-state index contributed by atoms with van der Waals surface area (Å²) in [6, 6.07) is 8.24. The van der Waals surface area contributed by atoms with E-state index in [1.54, 1.807) is 0 Å². The van der Waals surface area contributed by atoms with Gasteiger partial charge in [-0.1, -0.05) is 28.1 Å². The van der Waals surface area contributed by atoms with Crippen LogP contribution in [0.15, 0.2) is 28.7 Å². The third-order valence-electron chi connectivity index (χ3n) is 2.71. The summed E-state index contributed by atoms with van der Waals surface area (Å²) in [5.74, 6) is 0.447. The van der Waals surface area contributed by atoms with Crippen molar-refractivity contribution in [3.63, 3.8) is 0 Å². The van der Waals surface area contributed by atoms with Crippen LogP contribution in [0.25, 0.3) is 0 Å². The molecule has 0 radical (unpaired) electrons. The molecule has 0 nitrogen and oxygen atoms in total. The predicted octanol–water partition coefficient (Wildman–Crippen LogP) is 4.05. The van der Waals surface area contributed by atoms with Gasteiger partial charge in [0.1, 0.15) is 6.17 Å². The van der Waals surface area contributed by atoms with Crippen molar-refractivity contribution in [2.24, 2.45) is 0 Å². The Kier molecular flexibility index (Phi) is 2.68. The van der Waals surface area contributed by atoms with Gasteiger partial charge in [-0.05, 0) is 42.9 Å². The third kappa shape index (κ3) is 2.11. The van der Waals surface area contributed by atoms with Crippen LogP contribution in [0.3, 0.4) is 0 Å². The van der Waals surface area contributed by atoms with E-state index in [1.807, 2.05) is 12.1 Å². The molecule has 0 N–H and O–H groups in total. The maximum atomic E-state index is 12.9. The minimum atomic E-state index is -0.575. The molecule has 1 aliphatic carbocycles. The van der Waals surface area contributed by atoms with Gasteiger partial charge < -0.3 is 0 Å². The van der Waals surface area contributed by atoms with Crippen LogP contribution in [0.1, 0.15) is 30.7 Å². The zero-order chi connectivity index (χ0) is 9.26. The Hall–Kier alpha value is -0.370. The Morgan fingerprint density at radius 3 is 2.38 bits per heavy atom. The number of alkyl halides is 1. The molecule has 1 saturated carbocycles. The molecule has 0 spiro atoms. The molecule has 0 heterocycles. The second-order valence-electron chi connectivity index (χ2n) is 3.66. The summed E-state index contributed by atoms with van der Waals surface area (Å²) in [4.78, 5) is 0. The van der Waals surface area contributed by atoms with Crippen molar-refractivity contribution in [3.05, 3.63) is 34.3 Å². The summed E-state index contributed by atoms with van der Waals surface area (Å²) < 4.78 is 14.0. The Labute approximate surface area is 86.3 Å². The quantitative estimate of drug-likeness (QED) is 0.697. The molecule has 13 heavy (non-hydrogen) atoms. The Morgan fingerprint density at radius 1 is 1.15 bits per heavy atom. The van der Waals surface area contributed by atoms with E-state index in [0.717, 1.165) is 17.3 Å². The standard InChI is InChI=1S/C11H12BrF/c12-10-4-1-8(2-5-10)9-3-6-11(13)7-9/h1-2,4-5,9,11H,3,6-7H2. The van der Waals surface area contributed by atoms with Crippen LogP contribution in [0.4, 0.5) is 4.39 Å². The average molecular weight is 243 g/mol. The van der Waals surface area contributed by atoms with Gasteiger partial charge in [-0.3, -0.25) is 0 Å². The van der Waals surface area contributed by atoms with Crippen molar-refractivity contribution >= 4 is 15.9 Å². The molecule has 2 heteroatoms. The van der Waals surface area contributed by atoms with E-state index in [4.69, 9.17) is 0 Å². The number of halogens is 2. The maximum absolute atomic E-state index is 12.9. The number of rotatable bonds is 1. The molecule has 2 atom stereocenters. The summed E-state index contributed by atoms with van der Waals surface area (Å²) >= 11 is 3.39. The smallest absolute Gasteiger partial charge is 0.101 e. The molecule has 2 rings (SSSR count). The van der Waals surface area contributed by atoms with Gasteiger partial charge in [-0.25, -0.2) is 4.39 Å². The van der Waals surface area contributed by atoms with Crippen molar-refractivity contribution in [2.75, 3.05) is 0 Å². The van der Waals surface area contributed by atoms with Crippen LogP contribution in [-0.2, 0) is 0 Å². The van der Waals surface area contributed by atoms with E-state index >= 15 is 0 Å². The molecule has 0 saturated heterocycles. The van der Waals surface area contributed by atoms with E-state index in [1.165, 1.54) is 5.56 Å². The van der Waals surface area contributed by atoms with Gasteiger partial charge >= 0.3 is 0 Å². The van der Waals surface area contributed by atoms with Gasteiger partial charge in [-0.15, -0.1) is 0 Å². The lowest BCUT2D eigenvalue weighted by Gasteiger charge is -2.08. The largest absolute Gasteiger partial charge is 0.247 e. The van der Waals surface area contributed by atoms with Gasteiger partial charge in [0.25, 0.3) is 0 Å². The Morgan fingerprint density at radius 2 is 1.85 bits per heavy atom. The third-order valence-corrected chi connectivity index (χ3v) is 3.24. The summed E-state index contributed by atoms with van der Waals surface area (Å²) in [5.41, 5.74) is 1.28. The summed E-state index contributed by atoms with van der Waals surface area (Å²) in [6.07, 6.45) is 1.87. The van der Waals surface area contributed by atoms with Crippen LogP contribution in [-0.4, -0.2) is 6.17 Å². The first-order valence-corrected chi connectivity index (χ1v) is 5.44. The molecule has 1 aromatic rings. The fourth-order valence-corrected chi connectivity index (χ4v) is 2.23. The SMILES string of the molecule is FC1CCC(c2ccc(Br)cc2)C1. The number of hydrogen-bond acceptors (Lipinski definition) is 0. The molecule has 2 unspecified atom stereocenters. The molecule has 1 aliphatic rings. The van der Waals surface area contributed by atoms with Gasteiger partial charge in [-0.2, -0.15) is 0 Å². The zero-order valence-corrected chi connectivity index (χ0v) is 8.93. The van der Waals surface area contributed by atoms with Crippen molar-refractivity contribution in [1.29, 1.82) is 0 Å². The Bertz CT molecular complexity index is 281. The summed E-state index contributed by atoms with van der Waals surface area (Å²) in [6.45, 7) is 0. The van der Waals surface area contributed by atoms with E-state index in [9.17, 15) is 4.39 Å². The van der Waals surface area contributed by atoms with Gasteiger partial charge in [0.2, 0.25) is 0 Å². The lowest BCUT2D eigenvalue weighted by Crippen LogP contribution is -1.94. The highest BCUT2D eigenvalue weighted by Gasteiger charge is 2.25. The molecule has 1 aromatic carbocycles. The average Bonchev–Trinajstić information content (AvgIpc) is 2.53. The molecule has 70 valence electrons. The van der Waals surface area contributed by atoms with Crippen LogP contribution < -0.4 is 0 Å². The maximum Gasteiger partial charge on any atom is 0.101 e. The van der Waals surface area contributed by atoms with Crippen molar-refractivity contribution in [1.82, 2.24) is 0 Å². The van der Waals surface area contributed by atoms with Gasteiger partial charge in [0.15, 0.2) is 0 Å². The first-order valence-electron chi connectivity index (χ1n) is 4.65. The molecular formula is C11H12BrF. The first-order chi connectivity index (χ1) is 6.25. The molecule has 0 amide bonds. The normalized spacial score (nSPS) is 27.8. The highest BCUT2D eigenvalue weighted by atomic mass is 79.9. The Balaban J connectivity index is 2.13. The molecule has 0 aromatic heterocycles. The van der Waals surface area contributed by atoms with Gasteiger partial charge in [0, 0.05) is 4.47 Å². The molecule has 1 fully saturated rings. The summed E-state index contributed by atoms with van der Waals surface area (Å²) in [7, 11) is 0. The highest BCUT2D eigenvalue weighted by molar-refractivity contribution is 9.10. The topological polar surface area (TPSA) is 0 Å². The second kappa shape index (κ2) is 3.79. The second-order valence-corrected chi connectivity index (χ2v) is 4.57. The molecular weight excluding hydrogens is 231 g/mol. The van der Waals surface area contributed by atoms with Gasteiger partial charge in [0.05, 0.1) is 0 Å². The lowest BCUT2D eigenvalue weighted by molar-refractivity contribution is 0.339. The zero-order valence-electron chi connectivity index (χ0n) is 7.34. The van der Waals surface area contributed by atoms with Crippen molar-refractivity contribution < 1.29 is 4.39 Å². The monoisotopic (exact) mass is 242 g/mol. The minimum Gasteiger partial charge on any atom is -0.247 e. The van der Waals surface area contributed by atoms with Crippen LogP contribution >= 0.6 is 15.9 Å². The van der Waals surface area contributed by atoms with E-state index in [0.29, 0.717) is 12.3 Å². The van der Waals surface area contributed by atoms with Crippen LogP contribution in [0.2, 0.25) is 0 Å². The number of hydrogen-bond donors (Lipinski definition) is 0. The molecule has 0 bridgehead atoms. The predicted molar refractivity (Wildman–Crippen MR) is 55.6 cm³/mol. The van der Waals surface area contributed by atoms with E-state index < -0.39 is 6.17 Å². The lowest BCUT2D eigenvalue weighted by atomic mass is 9.98. The molecule has 0 aliphatic heterocycles. The summed E-state index contributed by atoms with van der Waals surface area (Å²) in [5, 5.41) is 0. The van der Waals surface area contributed by atoms with Crippen molar-refractivity contribution in [2.45, 2.75) is 31.4 Å². The fraction of sp³-hybridized carbons (Fsp3) is 0.455. The first kappa shape index (κ1) is 9.20. The van der Waals surface area contributed by atoms with Crippen LogP contribution in [0.5, 0.6) is 0 Å².